The monoisotopic (exact) mass is 281 g/mol. The first kappa shape index (κ1) is 12.0. The van der Waals surface area contributed by atoms with Gasteiger partial charge in [-0.3, -0.25) is 0 Å². The molecule has 1 aliphatic heterocycles. The molecule has 0 amide bonds. The fourth-order valence-electron chi connectivity index (χ4n) is 2.50. The molecule has 0 atom stereocenters. The summed E-state index contributed by atoms with van der Waals surface area (Å²) in [5.41, 5.74) is 3.27. The van der Waals surface area contributed by atoms with E-state index in [0.29, 0.717) is 5.41 Å². The van der Waals surface area contributed by atoms with Crippen molar-refractivity contribution in [2.75, 3.05) is 18.0 Å². The van der Waals surface area contributed by atoms with Crippen LogP contribution in [0.15, 0.2) is 22.7 Å². The number of rotatable bonds is 3. The molecular weight excluding hydrogens is 262 g/mol. The molecule has 1 aromatic carbocycles. The molecule has 1 saturated heterocycles. The highest BCUT2D eigenvalue weighted by molar-refractivity contribution is 9.10. The van der Waals surface area contributed by atoms with Crippen LogP contribution in [0, 0.1) is 12.3 Å². The van der Waals surface area contributed by atoms with Crippen LogP contribution in [-0.4, -0.2) is 13.1 Å². The molecule has 0 aliphatic carbocycles. The zero-order valence-corrected chi connectivity index (χ0v) is 12.0. The van der Waals surface area contributed by atoms with E-state index in [0.717, 1.165) is 0 Å². The largest absolute Gasteiger partial charge is 0.369 e. The lowest BCUT2D eigenvalue weighted by molar-refractivity contribution is 0.194. The summed E-state index contributed by atoms with van der Waals surface area (Å²) in [6.45, 7) is 9.20. The van der Waals surface area contributed by atoms with Gasteiger partial charge in [-0.05, 0) is 53.4 Å². The molecule has 0 unspecified atom stereocenters. The van der Waals surface area contributed by atoms with E-state index in [9.17, 15) is 0 Å². The molecule has 0 bridgehead atoms. The van der Waals surface area contributed by atoms with Crippen LogP contribution in [0.1, 0.15) is 32.3 Å². The molecule has 1 aliphatic rings. The van der Waals surface area contributed by atoms with E-state index in [1.54, 1.807) is 0 Å². The van der Waals surface area contributed by atoms with E-state index < -0.39 is 0 Å². The highest BCUT2D eigenvalue weighted by atomic mass is 79.9. The van der Waals surface area contributed by atoms with Gasteiger partial charge in [-0.25, -0.2) is 0 Å². The Morgan fingerprint density at radius 3 is 2.44 bits per heavy atom. The van der Waals surface area contributed by atoms with Crippen molar-refractivity contribution in [3.05, 3.63) is 28.2 Å². The summed E-state index contributed by atoms with van der Waals surface area (Å²) in [6.07, 6.45) is 2.59. The van der Waals surface area contributed by atoms with Crippen LogP contribution in [0.25, 0.3) is 0 Å². The smallest absolute Gasteiger partial charge is 0.0513 e. The predicted octanol–water partition coefficient (Wildman–Crippen LogP) is 4.38. The average molecular weight is 282 g/mol. The van der Waals surface area contributed by atoms with Crippen molar-refractivity contribution in [3.8, 4) is 0 Å². The summed E-state index contributed by atoms with van der Waals surface area (Å²) in [5, 5.41) is 0. The van der Waals surface area contributed by atoms with Gasteiger partial charge in [-0.1, -0.05) is 19.9 Å². The van der Waals surface area contributed by atoms with Crippen LogP contribution >= 0.6 is 15.9 Å². The lowest BCUT2D eigenvalue weighted by Gasteiger charge is -2.51. The van der Waals surface area contributed by atoms with Crippen molar-refractivity contribution in [1.82, 2.24) is 0 Å². The van der Waals surface area contributed by atoms with Crippen molar-refractivity contribution in [1.29, 1.82) is 0 Å². The molecule has 0 saturated carbocycles. The number of benzene rings is 1. The highest BCUT2D eigenvalue weighted by Gasteiger charge is 2.40. The van der Waals surface area contributed by atoms with Gasteiger partial charge in [0.05, 0.1) is 5.69 Å². The minimum Gasteiger partial charge on any atom is -0.369 e. The van der Waals surface area contributed by atoms with Gasteiger partial charge in [0.2, 0.25) is 0 Å². The van der Waals surface area contributed by atoms with Crippen molar-refractivity contribution < 1.29 is 0 Å². The van der Waals surface area contributed by atoms with E-state index in [1.165, 1.54) is 41.7 Å². The Bertz CT molecular complexity index is 374. The molecular formula is C14H20BrN. The fraction of sp³-hybridized carbons (Fsp3) is 0.571. The third-order valence-electron chi connectivity index (χ3n) is 3.99. The third-order valence-corrected chi connectivity index (χ3v) is 4.67. The Morgan fingerprint density at radius 2 is 1.88 bits per heavy atom. The van der Waals surface area contributed by atoms with Crippen LogP contribution in [-0.2, 0) is 0 Å². The number of aryl methyl sites for hydroxylation is 1. The third kappa shape index (κ3) is 2.00. The number of halogens is 1. The minimum absolute atomic E-state index is 0.573. The van der Waals surface area contributed by atoms with Crippen molar-refractivity contribution in [3.63, 3.8) is 0 Å². The maximum absolute atomic E-state index is 3.65. The molecule has 1 aromatic rings. The summed E-state index contributed by atoms with van der Waals surface area (Å²) in [5.74, 6) is 0. The summed E-state index contributed by atoms with van der Waals surface area (Å²) in [7, 11) is 0. The van der Waals surface area contributed by atoms with Crippen molar-refractivity contribution in [2.24, 2.45) is 5.41 Å². The average Bonchev–Trinajstić information content (AvgIpc) is 2.23. The minimum atomic E-state index is 0.573. The Hall–Kier alpha value is -0.500. The summed E-state index contributed by atoms with van der Waals surface area (Å²) < 4.78 is 1.22. The zero-order chi connectivity index (χ0) is 11.8. The Morgan fingerprint density at radius 1 is 1.25 bits per heavy atom. The Kier molecular flexibility index (Phi) is 3.29. The van der Waals surface area contributed by atoms with E-state index in [1.807, 2.05) is 0 Å². The Balaban J connectivity index is 2.14. The number of hydrogen-bond acceptors (Lipinski definition) is 1. The second-order valence-corrected chi connectivity index (χ2v) is 5.87. The second kappa shape index (κ2) is 4.40. The van der Waals surface area contributed by atoms with Crippen LogP contribution in [0.4, 0.5) is 5.69 Å². The molecule has 2 rings (SSSR count). The molecule has 1 heterocycles. The van der Waals surface area contributed by atoms with Gasteiger partial charge < -0.3 is 4.90 Å². The van der Waals surface area contributed by atoms with Gasteiger partial charge >= 0.3 is 0 Å². The van der Waals surface area contributed by atoms with Crippen LogP contribution in [0.3, 0.4) is 0 Å². The standard InChI is InChI=1S/C14H20BrN/c1-4-14(5-2)9-16(10-14)13-8-11(3)6-7-12(13)15/h6-8H,4-5,9-10H2,1-3H3. The van der Waals surface area contributed by atoms with E-state index >= 15 is 0 Å². The van der Waals surface area contributed by atoms with E-state index in [4.69, 9.17) is 0 Å². The molecule has 88 valence electrons. The predicted molar refractivity (Wildman–Crippen MR) is 74.1 cm³/mol. The molecule has 1 fully saturated rings. The SMILES string of the molecule is CCC1(CC)CN(c2cc(C)ccc2Br)C1. The van der Waals surface area contributed by atoms with E-state index in [2.05, 4.69) is 59.8 Å². The number of hydrogen-bond donors (Lipinski definition) is 0. The lowest BCUT2D eigenvalue weighted by Crippen LogP contribution is -2.56. The maximum atomic E-state index is 3.65. The topological polar surface area (TPSA) is 3.24 Å². The number of anilines is 1. The molecule has 1 nitrogen and oxygen atoms in total. The fourth-order valence-corrected chi connectivity index (χ4v) is 2.99. The van der Waals surface area contributed by atoms with Gasteiger partial charge in [0.25, 0.3) is 0 Å². The molecule has 2 heteroatoms. The Labute approximate surface area is 107 Å². The molecule has 0 aromatic heterocycles. The summed E-state index contributed by atoms with van der Waals surface area (Å²) in [4.78, 5) is 2.49. The van der Waals surface area contributed by atoms with Gasteiger partial charge in [-0.15, -0.1) is 0 Å². The summed E-state index contributed by atoms with van der Waals surface area (Å²) in [6, 6.07) is 6.59. The quantitative estimate of drug-likeness (QED) is 0.795. The van der Waals surface area contributed by atoms with Gasteiger partial charge in [0.1, 0.15) is 0 Å². The van der Waals surface area contributed by atoms with Crippen LogP contribution in [0.5, 0.6) is 0 Å². The van der Waals surface area contributed by atoms with Crippen molar-refractivity contribution >= 4 is 21.6 Å². The molecule has 0 spiro atoms. The van der Waals surface area contributed by atoms with E-state index in [-0.39, 0.29) is 0 Å². The maximum Gasteiger partial charge on any atom is 0.0513 e. The number of nitrogens with zero attached hydrogens (tertiary/aromatic N) is 1. The molecule has 0 N–H and O–H groups in total. The second-order valence-electron chi connectivity index (χ2n) is 5.02. The molecule has 0 radical (unpaired) electrons. The van der Waals surface area contributed by atoms with Gasteiger partial charge in [0.15, 0.2) is 0 Å². The first-order chi connectivity index (χ1) is 7.60. The first-order valence-electron chi connectivity index (χ1n) is 6.11. The molecule has 16 heavy (non-hydrogen) atoms. The van der Waals surface area contributed by atoms with Crippen LogP contribution < -0.4 is 4.90 Å². The van der Waals surface area contributed by atoms with Crippen LogP contribution in [0.2, 0.25) is 0 Å². The highest BCUT2D eigenvalue weighted by Crippen LogP contribution is 2.42. The van der Waals surface area contributed by atoms with Gasteiger partial charge in [0, 0.05) is 23.0 Å². The normalized spacial score (nSPS) is 18.4. The lowest BCUT2D eigenvalue weighted by atomic mass is 9.75. The summed E-state index contributed by atoms with van der Waals surface area (Å²) >= 11 is 3.65. The first-order valence-corrected chi connectivity index (χ1v) is 6.90. The van der Waals surface area contributed by atoms with Crippen molar-refractivity contribution in [2.45, 2.75) is 33.6 Å². The van der Waals surface area contributed by atoms with Gasteiger partial charge in [-0.2, -0.15) is 0 Å². The zero-order valence-electron chi connectivity index (χ0n) is 10.4.